The highest BCUT2D eigenvalue weighted by molar-refractivity contribution is 7.99. The van der Waals surface area contributed by atoms with Crippen molar-refractivity contribution >= 4 is 17.4 Å². The lowest BCUT2D eigenvalue weighted by atomic mass is 9.83. The zero-order chi connectivity index (χ0) is 18.4. The molecule has 0 bridgehead atoms. The number of anilines is 1. The minimum absolute atomic E-state index is 0.678. The molecule has 27 heavy (non-hydrogen) atoms. The van der Waals surface area contributed by atoms with Gasteiger partial charge in [0.25, 0.3) is 0 Å². The van der Waals surface area contributed by atoms with Gasteiger partial charge < -0.3 is 9.80 Å². The number of aryl methyl sites for hydroxylation is 1. The van der Waals surface area contributed by atoms with Crippen LogP contribution in [0.3, 0.4) is 0 Å². The number of para-hydroxylation sites is 1. The Morgan fingerprint density at radius 1 is 1.04 bits per heavy atom. The summed E-state index contributed by atoms with van der Waals surface area (Å²) in [7, 11) is 2.32. The summed E-state index contributed by atoms with van der Waals surface area (Å²) in [5, 5.41) is 0. The van der Waals surface area contributed by atoms with E-state index in [0.717, 1.165) is 5.92 Å². The average Bonchev–Trinajstić information content (AvgIpc) is 2.93. The fourth-order valence-electron chi connectivity index (χ4n) is 5.18. The summed E-state index contributed by atoms with van der Waals surface area (Å²) in [5.74, 6) is 1.65. The van der Waals surface area contributed by atoms with E-state index in [-0.39, 0.29) is 0 Å². The molecule has 0 unspecified atom stereocenters. The first kappa shape index (κ1) is 17.6. The molecule has 2 nitrogen and oxygen atoms in total. The van der Waals surface area contributed by atoms with Gasteiger partial charge in [0.1, 0.15) is 0 Å². The molecule has 3 aliphatic rings. The highest BCUT2D eigenvalue weighted by atomic mass is 32.2. The third kappa shape index (κ3) is 3.30. The van der Waals surface area contributed by atoms with Gasteiger partial charge in [-0.25, -0.2) is 0 Å². The molecule has 2 aliphatic heterocycles. The lowest BCUT2D eigenvalue weighted by molar-refractivity contribution is 0.137. The van der Waals surface area contributed by atoms with E-state index in [1.165, 1.54) is 66.4 Å². The molecule has 0 radical (unpaired) electrons. The normalized spacial score (nSPS) is 25.2. The highest BCUT2D eigenvalue weighted by Crippen LogP contribution is 2.49. The lowest BCUT2D eigenvalue weighted by Crippen LogP contribution is -2.47. The zero-order valence-electron chi connectivity index (χ0n) is 16.5. The third-order valence-electron chi connectivity index (χ3n) is 6.93. The number of likely N-dealkylation sites (N-methyl/N-ethyl adjacent to an activating group) is 1. The molecule has 142 valence electrons. The fourth-order valence-corrected chi connectivity index (χ4v) is 6.21. The summed E-state index contributed by atoms with van der Waals surface area (Å²) < 4.78 is 0. The van der Waals surface area contributed by atoms with Gasteiger partial charge in [-0.1, -0.05) is 48.0 Å². The Bertz CT molecular complexity index is 812. The van der Waals surface area contributed by atoms with Gasteiger partial charge in [-0.15, -0.1) is 0 Å². The Balaban J connectivity index is 1.40. The number of fused-ring (bicyclic) bond motifs is 3. The van der Waals surface area contributed by atoms with Crippen LogP contribution in [-0.4, -0.2) is 37.6 Å². The topological polar surface area (TPSA) is 6.48 Å². The van der Waals surface area contributed by atoms with Crippen molar-refractivity contribution in [3.8, 4) is 0 Å². The summed E-state index contributed by atoms with van der Waals surface area (Å²) in [6.07, 6.45) is 5.67. The quantitative estimate of drug-likeness (QED) is 0.688. The molecule has 5 rings (SSSR count). The Labute approximate surface area is 167 Å². The van der Waals surface area contributed by atoms with Crippen molar-refractivity contribution in [2.75, 3.05) is 31.6 Å². The fraction of sp³-hybridized carbons (Fsp3) is 0.500. The van der Waals surface area contributed by atoms with E-state index in [1.54, 1.807) is 5.56 Å². The molecule has 1 saturated carbocycles. The standard InChI is InChI=1S/C24H30N2S/c1-17-9-11-19(12-10-17)27-23-8-4-7-20-21-16-26(15-18-5-3-6-18)14-13-22(21)25(2)24(20)23/h4,7-12,18,21-22H,3,5-6,13-16H2,1-2H3/t21-,22+/m0/s1. The third-order valence-corrected chi connectivity index (χ3v) is 7.99. The monoisotopic (exact) mass is 378 g/mol. The van der Waals surface area contributed by atoms with Crippen LogP contribution in [0.4, 0.5) is 5.69 Å². The molecule has 0 amide bonds. The predicted molar refractivity (Wildman–Crippen MR) is 115 cm³/mol. The number of benzene rings is 2. The minimum atomic E-state index is 0.678. The number of piperidine rings is 1. The molecular formula is C24H30N2S. The molecule has 2 aromatic carbocycles. The molecule has 2 atom stereocenters. The maximum absolute atomic E-state index is 2.76. The smallest absolute Gasteiger partial charge is 0.0544 e. The van der Waals surface area contributed by atoms with Crippen molar-refractivity contribution in [2.24, 2.45) is 5.92 Å². The Kier molecular flexibility index (Phi) is 4.69. The molecule has 0 aromatic heterocycles. The van der Waals surface area contributed by atoms with Gasteiger partial charge >= 0.3 is 0 Å². The van der Waals surface area contributed by atoms with Gasteiger partial charge in [0.05, 0.1) is 5.69 Å². The van der Waals surface area contributed by atoms with E-state index < -0.39 is 0 Å². The SMILES string of the molecule is Cc1ccc(Sc2cccc3c2N(C)[C@@H]2CCN(CC4CCC4)C[C@@H]32)cc1. The van der Waals surface area contributed by atoms with Gasteiger partial charge in [-0.2, -0.15) is 0 Å². The van der Waals surface area contributed by atoms with Crippen LogP contribution in [0.15, 0.2) is 52.3 Å². The molecule has 2 fully saturated rings. The summed E-state index contributed by atoms with van der Waals surface area (Å²) in [5.41, 5.74) is 4.40. The molecule has 0 N–H and O–H groups in total. The van der Waals surface area contributed by atoms with Crippen LogP contribution in [-0.2, 0) is 0 Å². The average molecular weight is 379 g/mol. The van der Waals surface area contributed by atoms with Gasteiger partial charge in [0.2, 0.25) is 0 Å². The van der Waals surface area contributed by atoms with Gasteiger partial charge in [0, 0.05) is 48.4 Å². The first-order valence-corrected chi connectivity index (χ1v) is 11.3. The molecule has 2 heterocycles. The first-order valence-electron chi connectivity index (χ1n) is 10.5. The van der Waals surface area contributed by atoms with Crippen molar-refractivity contribution < 1.29 is 0 Å². The van der Waals surface area contributed by atoms with Crippen LogP contribution < -0.4 is 4.90 Å². The number of nitrogens with zero attached hydrogens (tertiary/aromatic N) is 2. The van der Waals surface area contributed by atoms with E-state index in [2.05, 4.69) is 66.2 Å². The molecular weight excluding hydrogens is 348 g/mol. The lowest BCUT2D eigenvalue weighted by Gasteiger charge is -2.40. The van der Waals surface area contributed by atoms with Crippen LogP contribution in [0.2, 0.25) is 0 Å². The molecule has 3 heteroatoms. The maximum atomic E-state index is 2.76. The van der Waals surface area contributed by atoms with E-state index in [4.69, 9.17) is 0 Å². The largest absolute Gasteiger partial charge is 0.370 e. The first-order chi connectivity index (χ1) is 13.2. The van der Waals surface area contributed by atoms with Crippen molar-refractivity contribution in [3.05, 3.63) is 53.6 Å². The second-order valence-corrected chi connectivity index (χ2v) is 9.85. The van der Waals surface area contributed by atoms with Gasteiger partial charge in [-0.05, 0) is 55.9 Å². The number of hydrogen-bond acceptors (Lipinski definition) is 3. The van der Waals surface area contributed by atoms with E-state index in [1.807, 2.05) is 11.8 Å². The zero-order valence-corrected chi connectivity index (χ0v) is 17.3. The summed E-state index contributed by atoms with van der Waals surface area (Å²) >= 11 is 1.92. The Morgan fingerprint density at radius 3 is 2.59 bits per heavy atom. The molecule has 1 aliphatic carbocycles. The van der Waals surface area contributed by atoms with Crippen molar-refractivity contribution in [1.29, 1.82) is 0 Å². The Morgan fingerprint density at radius 2 is 1.85 bits per heavy atom. The van der Waals surface area contributed by atoms with Crippen molar-refractivity contribution in [1.82, 2.24) is 4.90 Å². The minimum Gasteiger partial charge on any atom is -0.370 e. The van der Waals surface area contributed by atoms with Crippen LogP contribution >= 0.6 is 11.8 Å². The Hall–Kier alpha value is -1.45. The maximum Gasteiger partial charge on any atom is 0.0544 e. The summed E-state index contributed by atoms with van der Waals surface area (Å²) in [6, 6.07) is 16.6. The van der Waals surface area contributed by atoms with Crippen LogP contribution in [0, 0.1) is 12.8 Å². The number of likely N-dealkylation sites (tertiary alicyclic amines) is 1. The second kappa shape index (κ2) is 7.18. The van der Waals surface area contributed by atoms with Crippen LogP contribution in [0.25, 0.3) is 0 Å². The van der Waals surface area contributed by atoms with Gasteiger partial charge in [-0.3, -0.25) is 0 Å². The van der Waals surface area contributed by atoms with Crippen molar-refractivity contribution in [3.63, 3.8) is 0 Å². The van der Waals surface area contributed by atoms with E-state index >= 15 is 0 Å². The van der Waals surface area contributed by atoms with Crippen LogP contribution in [0.5, 0.6) is 0 Å². The second-order valence-electron chi connectivity index (χ2n) is 8.74. The van der Waals surface area contributed by atoms with E-state index in [9.17, 15) is 0 Å². The predicted octanol–water partition coefficient (Wildman–Crippen LogP) is 5.55. The molecule has 2 aromatic rings. The van der Waals surface area contributed by atoms with Gasteiger partial charge in [0.15, 0.2) is 0 Å². The van der Waals surface area contributed by atoms with Crippen LogP contribution in [0.1, 0.15) is 42.7 Å². The summed E-state index contributed by atoms with van der Waals surface area (Å²) in [4.78, 5) is 8.10. The highest BCUT2D eigenvalue weighted by Gasteiger charge is 2.41. The number of rotatable bonds is 4. The summed E-state index contributed by atoms with van der Waals surface area (Å²) in [6.45, 7) is 6.01. The van der Waals surface area contributed by atoms with Crippen molar-refractivity contribution in [2.45, 2.75) is 54.4 Å². The van der Waals surface area contributed by atoms with E-state index in [0.29, 0.717) is 12.0 Å². The number of hydrogen-bond donors (Lipinski definition) is 0. The molecule has 0 spiro atoms. The molecule has 1 saturated heterocycles.